The summed E-state index contributed by atoms with van der Waals surface area (Å²) >= 11 is 0. The lowest BCUT2D eigenvalue weighted by Crippen LogP contribution is -1.94. The van der Waals surface area contributed by atoms with Gasteiger partial charge in [0.05, 0.1) is 22.4 Å². The third-order valence-corrected chi connectivity index (χ3v) is 11.2. The molecule has 0 aliphatic rings. The van der Waals surface area contributed by atoms with Crippen LogP contribution in [0.2, 0.25) is 0 Å². The SMILES string of the molecule is c1ccc(-c2cc(-c3ccccc3)nc(-c3ccc4c(c3)c3ccccc3c3cccc(-c5ccc6c7ccccc7n(-c7ccccc7)c6c5)c34)c2)cc1. The van der Waals surface area contributed by atoms with Crippen molar-refractivity contribution in [3.63, 3.8) is 0 Å². The molecule has 0 N–H and O–H groups in total. The second-order valence-corrected chi connectivity index (χ2v) is 14.3. The van der Waals surface area contributed by atoms with Gasteiger partial charge in [-0.25, -0.2) is 4.98 Å². The fourth-order valence-corrected chi connectivity index (χ4v) is 8.63. The van der Waals surface area contributed by atoms with E-state index in [9.17, 15) is 0 Å². The summed E-state index contributed by atoms with van der Waals surface area (Å²) in [5, 5.41) is 9.98. The molecule has 2 nitrogen and oxygen atoms in total. The van der Waals surface area contributed by atoms with E-state index in [1.165, 1.54) is 70.8 Å². The molecular formula is C53H34N2. The first-order valence-electron chi connectivity index (χ1n) is 18.9. The summed E-state index contributed by atoms with van der Waals surface area (Å²) in [5.41, 5.74) is 12.4. The van der Waals surface area contributed by atoms with Crippen molar-refractivity contribution in [1.82, 2.24) is 9.55 Å². The van der Waals surface area contributed by atoms with Crippen LogP contribution in [-0.2, 0) is 0 Å². The highest BCUT2D eigenvalue weighted by Crippen LogP contribution is 2.43. The number of para-hydroxylation sites is 2. The van der Waals surface area contributed by atoms with Crippen molar-refractivity contribution in [2.45, 2.75) is 0 Å². The lowest BCUT2D eigenvalue weighted by Gasteiger charge is -2.16. The Hall–Kier alpha value is -7.29. The average Bonchev–Trinajstić information content (AvgIpc) is 3.60. The first-order valence-corrected chi connectivity index (χ1v) is 18.9. The standard InChI is InChI=1S/C53H34N2/c1-4-15-35(16-5-1)39-32-49(36-17-6-2-7-18-36)54-50(33-39)38-28-30-47-48(31-38)43-22-11-10-21-42(43)46-25-14-24-41(53(46)47)37-27-29-45-44-23-12-13-26-51(44)55(52(45)34-37)40-19-8-3-9-20-40/h1-34H. The number of nitrogens with zero attached hydrogens (tertiary/aromatic N) is 2. The average molecular weight is 699 g/mol. The summed E-state index contributed by atoms with van der Waals surface area (Å²) in [4.78, 5) is 5.29. The van der Waals surface area contributed by atoms with Gasteiger partial charge in [0.15, 0.2) is 0 Å². The van der Waals surface area contributed by atoms with Crippen molar-refractivity contribution in [3.8, 4) is 50.5 Å². The third kappa shape index (κ3) is 5.15. The Morgan fingerprint density at radius 2 is 0.836 bits per heavy atom. The van der Waals surface area contributed by atoms with Gasteiger partial charge >= 0.3 is 0 Å². The molecule has 0 spiro atoms. The normalized spacial score (nSPS) is 11.6. The maximum Gasteiger partial charge on any atom is 0.0715 e. The molecule has 0 aliphatic heterocycles. The maximum absolute atomic E-state index is 5.29. The van der Waals surface area contributed by atoms with Crippen molar-refractivity contribution >= 4 is 54.1 Å². The molecule has 55 heavy (non-hydrogen) atoms. The van der Waals surface area contributed by atoms with E-state index in [0.29, 0.717) is 0 Å². The minimum Gasteiger partial charge on any atom is -0.309 e. The van der Waals surface area contributed by atoms with Crippen LogP contribution >= 0.6 is 0 Å². The van der Waals surface area contributed by atoms with Gasteiger partial charge in [0.2, 0.25) is 0 Å². The molecule has 2 heteroatoms. The number of rotatable bonds is 5. The second-order valence-electron chi connectivity index (χ2n) is 14.3. The summed E-state index contributed by atoms with van der Waals surface area (Å²) < 4.78 is 2.40. The van der Waals surface area contributed by atoms with E-state index in [-0.39, 0.29) is 0 Å². The highest BCUT2D eigenvalue weighted by molar-refractivity contribution is 6.29. The lowest BCUT2D eigenvalue weighted by atomic mass is 9.88. The van der Waals surface area contributed by atoms with Gasteiger partial charge in [-0.1, -0.05) is 164 Å². The largest absolute Gasteiger partial charge is 0.309 e. The van der Waals surface area contributed by atoms with E-state index in [2.05, 4.69) is 211 Å². The summed E-state index contributed by atoms with van der Waals surface area (Å²) in [6, 6.07) is 74.5. The van der Waals surface area contributed by atoms with Crippen LogP contribution in [0, 0.1) is 0 Å². The molecule has 0 unspecified atom stereocenters. The topological polar surface area (TPSA) is 17.8 Å². The number of benzene rings is 9. The van der Waals surface area contributed by atoms with Gasteiger partial charge in [-0.2, -0.15) is 0 Å². The fourth-order valence-electron chi connectivity index (χ4n) is 8.63. The highest BCUT2D eigenvalue weighted by atomic mass is 15.0. The molecule has 0 radical (unpaired) electrons. The Morgan fingerprint density at radius 3 is 1.60 bits per heavy atom. The molecule has 0 fully saturated rings. The molecule has 0 atom stereocenters. The van der Waals surface area contributed by atoms with E-state index in [0.717, 1.165) is 33.8 Å². The Morgan fingerprint density at radius 1 is 0.291 bits per heavy atom. The molecule has 2 heterocycles. The number of aromatic nitrogens is 2. The smallest absolute Gasteiger partial charge is 0.0715 e. The Balaban J connectivity index is 1.16. The van der Waals surface area contributed by atoms with E-state index < -0.39 is 0 Å². The predicted octanol–water partition coefficient (Wildman–Crippen LogP) is 14.3. The van der Waals surface area contributed by atoms with Crippen LogP contribution in [0.1, 0.15) is 0 Å². The maximum atomic E-state index is 5.29. The summed E-state index contributed by atoms with van der Waals surface area (Å²) in [7, 11) is 0. The van der Waals surface area contributed by atoms with E-state index >= 15 is 0 Å². The zero-order valence-corrected chi connectivity index (χ0v) is 30.0. The minimum absolute atomic E-state index is 0.957. The number of hydrogen-bond donors (Lipinski definition) is 0. The quantitative estimate of drug-likeness (QED) is 0.164. The molecule has 9 aromatic carbocycles. The van der Waals surface area contributed by atoms with Crippen molar-refractivity contribution < 1.29 is 0 Å². The lowest BCUT2D eigenvalue weighted by molar-refractivity contribution is 1.18. The van der Waals surface area contributed by atoms with Gasteiger partial charge in [-0.3, -0.25) is 0 Å². The zero-order chi connectivity index (χ0) is 36.3. The molecule has 0 bridgehead atoms. The van der Waals surface area contributed by atoms with Crippen molar-refractivity contribution in [1.29, 1.82) is 0 Å². The minimum atomic E-state index is 0.957. The molecule has 0 saturated heterocycles. The number of pyridine rings is 1. The summed E-state index contributed by atoms with van der Waals surface area (Å²) in [6.07, 6.45) is 0. The molecule has 11 rings (SSSR count). The van der Waals surface area contributed by atoms with Crippen molar-refractivity contribution in [2.24, 2.45) is 0 Å². The molecule has 2 aromatic heterocycles. The summed E-state index contributed by atoms with van der Waals surface area (Å²) in [6.45, 7) is 0. The van der Waals surface area contributed by atoms with Crippen LogP contribution in [-0.4, -0.2) is 9.55 Å². The van der Waals surface area contributed by atoms with Gasteiger partial charge < -0.3 is 4.57 Å². The Kier molecular flexibility index (Phi) is 7.21. The van der Waals surface area contributed by atoms with Crippen LogP contribution < -0.4 is 0 Å². The van der Waals surface area contributed by atoms with Gasteiger partial charge in [-0.05, 0) is 97.0 Å². The molecule has 256 valence electrons. The summed E-state index contributed by atoms with van der Waals surface area (Å²) in [5.74, 6) is 0. The first kappa shape index (κ1) is 31.3. The molecule has 0 saturated carbocycles. The first-order chi connectivity index (χ1) is 27.3. The second kappa shape index (κ2) is 12.7. The molecule has 11 aromatic rings. The van der Waals surface area contributed by atoms with Gasteiger partial charge in [0.1, 0.15) is 0 Å². The Bertz CT molecular complexity index is 3180. The van der Waals surface area contributed by atoms with Crippen LogP contribution in [0.5, 0.6) is 0 Å². The fraction of sp³-hybridized carbons (Fsp3) is 0. The van der Waals surface area contributed by atoms with E-state index in [1.807, 2.05) is 0 Å². The Labute approximate surface area is 319 Å². The van der Waals surface area contributed by atoms with Crippen LogP contribution in [0.15, 0.2) is 206 Å². The number of hydrogen-bond acceptors (Lipinski definition) is 1. The highest BCUT2D eigenvalue weighted by Gasteiger charge is 2.18. The molecule has 0 aliphatic carbocycles. The monoisotopic (exact) mass is 698 g/mol. The van der Waals surface area contributed by atoms with Gasteiger partial charge in [-0.15, -0.1) is 0 Å². The molecule has 0 amide bonds. The van der Waals surface area contributed by atoms with Gasteiger partial charge in [0.25, 0.3) is 0 Å². The zero-order valence-electron chi connectivity index (χ0n) is 30.0. The van der Waals surface area contributed by atoms with Crippen molar-refractivity contribution in [2.75, 3.05) is 0 Å². The molecular weight excluding hydrogens is 665 g/mol. The van der Waals surface area contributed by atoms with Crippen molar-refractivity contribution in [3.05, 3.63) is 206 Å². The van der Waals surface area contributed by atoms with Crippen LogP contribution in [0.3, 0.4) is 0 Å². The third-order valence-electron chi connectivity index (χ3n) is 11.2. The number of fused-ring (bicyclic) bond motifs is 9. The van der Waals surface area contributed by atoms with E-state index in [4.69, 9.17) is 4.98 Å². The predicted molar refractivity (Wildman–Crippen MR) is 233 cm³/mol. The van der Waals surface area contributed by atoms with Crippen LogP contribution in [0.4, 0.5) is 0 Å². The van der Waals surface area contributed by atoms with Gasteiger partial charge in [0, 0.05) is 27.6 Å². The van der Waals surface area contributed by atoms with Crippen LogP contribution in [0.25, 0.3) is 105 Å². The van der Waals surface area contributed by atoms with E-state index in [1.54, 1.807) is 0 Å².